The van der Waals surface area contributed by atoms with Crippen molar-refractivity contribution in [2.75, 3.05) is 6.61 Å². The summed E-state index contributed by atoms with van der Waals surface area (Å²) in [7, 11) is 0. The highest BCUT2D eigenvalue weighted by Crippen LogP contribution is 2.27. The summed E-state index contributed by atoms with van der Waals surface area (Å²) in [6, 6.07) is 13.8. The van der Waals surface area contributed by atoms with E-state index in [9.17, 15) is 15.0 Å². The zero-order valence-electron chi connectivity index (χ0n) is 14.3. The van der Waals surface area contributed by atoms with Crippen molar-refractivity contribution < 1.29 is 15.3 Å². The van der Waals surface area contributed by atoms with Crippen LogP contribution in [0.5, 0.6) is 0 Å². The van der Waals surface area contributed by atoms with E-state index in [1.54, 1.807) is 48.5 Å². The van der Waals surface area contributed by atoms with Crippen molar-refractivity contribution in [2.45, 2.75) is 12.2 Å². The Hall–Kier alpha value is -2.11. The smallest absolute Gasteiger partial charge is 0.299 e. The molecule has 4 N–H and O–H groups in total. The normalized spacial score (nSPS) is 13.8. The molecule has 0 saturated heterocycles. The monoisotopic (exact) mass is 510 g/mol. The van der Waals surface area contributed by atoms with Gasteiger partial charge in [-0.05, 0) is 48.5 Å². The first-order valence-electron chi connectivity index (χ1n) is 8.16. The first kappa shape index (κ1) is 20.6. The molecule has 10 heteroatoms. The molecule has 3 rings (SSSR count). The Kier molecular flexibility index (Phi) is 6.57. The van der Waals surface area contributed by atoms with Crippen LogP contribution >= 0.6 is 31.9 Å². The molecule has 0 aliphatic heterocycles. The van der Waals surface area contributed by atoms with Crippen LogP contribution in [0.3, 0.4) is 0 Å². The molecule has 3 aromatic rings. The van der Waals surface area contributed by atoms with Gasteiger partial charge in [-0.3, -0.25) is 9.89 Å². The Morgan fingerprint density at radius 2 is 1.54 bits per heavy atom. The zero-order chi connectivity index (χ0) is 20.3. The van der Waals surface area contributed by atoms with Crippen molar-refractivity contribution in [1.29, 1.82) is 0 Å². The maximum absolute atomic E-state index is 12.9. The zero-order valence-corrected chi connectivity index (χ0v) is 17.5. The van der Waals surface area contributed by atoms with Crippen molar-refractivity contribution in [3.8, 4) is 5.69 Å². The van der Waals surface area contributed by atoms with E-state index in [2.05, 4.69) is 47.2 Å². The molecular formula is C18H16Br2N4O4. The van der Waals surface area contributed by atoms with Crippen LogP contribution < -0.4 is 5.56 Å². The van der Waals surface area contributed by atoms with E-state index < -0.39 is 24.4 Å². The number of hydrogen-bond donors (Lipinski definition) is 4. The van der Waals surface area contributed by atoms with Gasteiger partial charge in [0.25, 0.3) is 5.56 Å². The molecule has 0 bridgehead atoms. The summed E-state index contributed by atoms with van der Waals surface area (Å²) >= 11 is 6.65. The second kappa shape index (κ2) is 8.93. The Morgan fingerprint density at radius 1 is 0.964 bits per heavy atom. The minimum atomic E-state index is -1.55. The molecule has 8 nitrogen and oxygen atoms in total. The molecule has 2 aromatic carbocycles. The summed E-state index contributed by atoms with van der Waals surface area (Å²) in [6.45, 7) is -0.685. The highest BCUT2D eigenvalue weighted by atomic mass is 79.9. The summed E-state index contributed by atoms with van der Waals surface area (Å²) < 4.78 is 2.89. The number of aromatic amines is 1. The highest BCUT2D eigenvalue weighted by Gasteiger charge is 2.26. The van der Waals surface area contributed by atoms with Crippen LogP contribution in [-0.2, 0) is 0 Å². The Balaban J connectivity index is 2.08. The fourth-order valence-electron chi connectivity index (χ4n) is 2.43. The van der Waals surface area contributed by atoms with Gasteiger partial charge in [-0.2, -0.15) is 5.11 Å². The van der Waals surface area contributed by atoms with Gasteiger partial charge in [-0.25, -0.2) is 4.68 Å². The number of hydrogen-bond acceptors (Lipinski definition) is 6. The average Bonchev–Trinajstić information content (AvgIpc) is 3.03. The summed E-state index contributed by atoms with van der Waals surface area (Å²) in [5.74, 6) is 0. The lowest BCUT2D eigenvalue weighted by molar-refractivity contribution is -0.0171. The molecule has 28 heavy (non-hydrogen) atoms. The molecule has 1 aromatic heterocycles. The van der Waals surface area contributed by atoms with Gasteiger partial charge in [0, 0.05) is 8.95 Å². The third-order valence-electron chi connectivity index (χ3n) is 3.92. The SMILES string of the molecule is O=c1c(N=Nc2ccc(Br)cc2)c(C(O)C(O)CO)[nH]n1-c1ccc(Br)cc1. The van der Waals surface area contributed by atoms with Crippen LogP contribution in [0.1, 0.15) is 11.8 Å². The lowest BCUT2D eigenvalue weighted by Crippen LogP contribution is -2.22. The second-order valence-electron chi connectivity index (χ2n) is 5.86. The van der Waals surface area contributed by atoms with Gasteiger partial charge in [-0.1, -0.05) is 31.9 Å². The largest absolute Gasteiger partial charge is 0.394 e. The van der Waals surface area contributed by atoms with Crippen LogP contribution in [0.25, 0.3) is 5.69 Å². The molecular weight excluding hydrogens is 496 g/mol. The number of nitrogens with one attached hydrogen (secondary N) is 1. The molecule has 0 amide bonds. The first-order valence-corrected chi connectivity index (χ1v) is 9.74. The molecule has 1 heterocycles. The molecule has 2 unspecified atom stereocenters. The molecule has 2 atom stereocenters. The van der Waals surface area contributed by atoms with E-state index in [-0.39, 0.29) is 11.4 Å². The number of aliphatic hydroxyl groups excluding tert-OH is 3. The maximum atomic E-state index is 12.9. The average molecular weight is 512 g/mol. The number of halogens is 2. The number of H-pyrrole nitrogens is 1. The van der Waals surface area contributed by atoms with Crippen LogP contribution in [0.15, 0.2) is 72.5 Å². The Labute approximate surface area is 176 Å². The summed E-state index contributed by atoms with van der Waals surface area (Å²) in [6.07, 6.45) is -3.04. The number of aliphatic hydroxyl groups is 3. The van der Waals surface area contributed by atoms with Crippen molar-refractivity contribution in [3.05, 3.63) is 73.5 Å². The van der Waals surface area contributed by atoms with Crippen LogP contribution in [0.4, 0.5) is 11.4 Å². The summed E-state index contributed by atoms with van der Waals surface area (Å²) in [4.78, 5) is 12.9. The molecule has 0 aliphatic carbocycles. The van der Waals surface area contributed by atoms with Gasteiger partial charge in [0.2, 0.25) is 0 Å². The molecule has 146 valence electrons. The van der Waals surface area contributed by atoms with E-state index in [0.717, 1.165) is 8.95 Å². The highest BCUT2D eigenvalue weighted by molar-refractivity contribution is 9.10. The molecule has 0 aliphatic rings. The molecule has 0 radical (unpaired) electrons. The maximum Gasteiger partial charge on any atom is 0.299 e. The quantitative estimate of drug-likeness (QED) is 0.378. The molecule has 0 spiro atoms. The lowest BCUT2D eigenvalue weighted by atomic mass is 10.1. The fraction of sp³-hybridized carbons (Fsp3) is 0.167. The predicted molar refractivity (Wildman–Crippen MR) is 110 cm³/mol. The fourth-order valence-corrected chi connectivity index (χ4v) is 2.96. The lowest BCUT2D eigenvalue weighted by Gasteiger charge is -2.14. The Bertz CT molecular complexity index is 1030. The molecule has 0 saturated carbocycles. The van der Waals surface area contributed by atoms with Gasteiger partial charge < -0.3 is 15.3 Å². The third-order valence-corrected chi connectivity index (χ3v) is 4.97. The van der Waals surface area contributed by atoms with E-state index in [1.807, 2.05) is 0 Å². The standard InChI is InChI=1S/C18H16Br2N4O4/c19-10-1-5-12(6-2-10)21-22-16-15(17(27)14(26)9-25)23-24(18(16)28)13-7-3-11(20)4-8-13/h1-8,14,17,23,25-27H,9H2. The predicted octanol–water partition coefficient (Wildman–Crippen LogP) is 3.49. The van der Waals surface area contributed by atoms with Gasteiger partial charge in [0.1, 0.15) is 12.2 Å². The van der Waals surface area contributed by atoms with Crippen LogP contribution in [-0.4, -0.2) is 37.8 Å². The first-order chi connectivity index (χ1) is 13.4. The van der Waals surface area contributed by atoms with E-state index >= 15 is 0 Å². The van der Waals surface area contributed by atoms with Crippen molar-refractivity contribution in [2.24, 2.45) is 10.2 Å². The van der Waals surface area contributed by atoms with Gasteiger partial charge >= 0.3 is 0 Å². The number of azo groups is 1. The third kappa shape index (κ3) is 4.47. The topological polar surface area (TPSA) is 123 Å². The Morgan fingerprint density at radius 3 is 2.11 bits per heavy atom. The van der Waals surface area contributed by atoms with Crippen LogP contribution in [0, 0.1) is 0 Å². The number of aromatic nitrogens is 2. The second-order valence-corrected chi connectivity index (χ2v) is 7.69. The van der Waals surface area contributed by atoms with Crippen molar-refractivity contribution in [1.82, 2.24) is 9.78 Å². The van der Waals surface area contributed by atoms with E-state index in [0.29, 0.717) is 11.4 Å². The molecule has 0 fully saturated rings. The van der Waals surface area contributed by atoms with Crippen LogP contribution in [0.2, 0.25) is 0 Å². The minimum absolute atomic E-state index is 0.0460. The number of rotatable bonds is 6. The minimum Gasteiger partial charge on any atom is -0.394 e. The van der Waals surface area contributed by atoms with Crippen molar-refractivity contribution >= 4 is 43.2 Å². The number of benzene rings is 2. The van der Waals surface area contributed by atoms with E-state index in [4.69, 9.17) is 5.11 Å². The van der Waals surface area contributed by atoms with E-state index in [1.165, 1.54) is 4.68 Å². The van der Waals surface area contributed by atoms with Gasteiger partial charge in [-0.15, -0.1) is 5.11 Å². The number of nitrogens with zero attached hydrogens (tertiary/aromatic N) is 3. The summed E-state index contributed by atoms with van der Waals surface area (Å²) in [5.41, 5.74) is 0.246. The van der Waals surface area contributed by atoms with Crippen molar-refractivity contribution in [3.63, 3.8) is 0 Å². The van der Waals surface area contributed by atoms with Gasteiger partial charge in [0.15, 0.2) is 5.69 Å². The van der Waals surface area contributed by atoms with Gasteiger partial charge in [0.05, 0.1) is 23.7 Å². The summed E-state index contributed by atoms with van der Waals surface area (Å²) in [5, 5.41) is 40.1.